The SMILES string of the molecule is CC1Cc2cc(S(=O)(=O)N3CCC(C(=O)N4CCN(c5cccc(Cl)c5)CC4)CC3)ccc2N1C(=O)C1CC1. The van der Waals surface area contributed by atoms with E-state index in [4.69, 9.17) is 11.6 Å². The summed E-state index contributed by atoms with van der Waals surface area (Å²) in [5, 5.41) is 0.702. The number of carbonyl (C=O) groups is 2. The van der Waals surface area contributed by atoms with Crippen LogP contribution < -0.4 is 9.80 Å². The number of anilines is 2. The van der Waals surface area contributed by atoms with Crippen molar-refractivity contribution < 1.29 is 18.0 Å². The van der Waals surface area contributed by atoms with Crippen LogP contribution in [0, 0.1) is 11.8 Å². The third kappa shape index (κ3) is 5.16. The Balaban J connectivity index is 1.06. The second-order valence-corrected chi connectivity index (χ2v) is 13.7. The quantitative estimate of drug-likeness (QED) is 0.546. The number of nitrogens with zero attached hydrogens (tertiary/aromatic N) is 4. The average molecular weight is 571 g/mol. The molecule has 2 saturated heterocycles. The second-order valence-electron chi connectivity index (χ2n) is 11.3. The largest absolute Gasteiger partial charge is 0.368 e. The summed E-state index contributed by atoms with van der Waals surface area (Å²) in [4.78, 5) is 32.3. The van der Waals surface area contributed by atoms with Gasteiger partial charge in [-0.05, 0) is 81.0 Å². The van der Waals surface area contributed by atoms with Crippen molar-refractivity contribution in [3.05, 3.63) is 53.1 Å². The Kier molecular flexibility index (Phi) is 7.10. The summed E-state index contributed by atoms with van der Waals surface area (Å²) in [5.41, 5.74) is 2.83. The van der Waals surface area contributed by atoms with E-state index < -0.39 is 10.0 Å². The van der Waals surface area contributed by atoms with Gasteiger partial charge in [0.1, 0.15) is 0 Å². The van der Waals surface area contributed by atoms with E-state index in [1.165, 1.54) is 4.31 Å². The van der Waals surface area contributed by atoms with E-state index in [1.54, 1.807) is 18.2 Å². The van der Waals surface area contributed by atoms with Crippen LogP contribution in [0.1, 0.15) is 38.2 Å². The smallest absolute Gasteiger partial charge is 0.243 e. The minimum Gasteiger partial charge on any atom is -0.368 e. The molecule has 3 fully saturated rings. The molecule has 0 spiro atoms. The Hall–Kier alpha value is -2.62. The lowest BCUT2D eigenvalue weighted by Crippen LogP contribution is -2.52. The summed E-state index contributed by atoms with van der Waals surface area (Å²) in [6.07, 6.45) is 3.61. The lowest BCUT2D eigenvalue weighted by Gasteiger charge is -2.39. The molecule has 1 saturated carbocycles. The molecule has 10 heteroatoms. The lowest BCUT2D eigenvalue weighted by atomic mass is 9.96. The molecule has 1 unspecified atom stereocenters. The molecule has 0 radical (unpaired) electrons. The second kappa shape index (κ2) is 10.4. The molecule has 3 heterocycles. The Morgan fingerprint density at radius 3 is 2.21 bits per heavy atom. The molecular formula is C29H35ClN4O4S. The summed E-state index contributed by atoms with van der Waals surface area (Å²) in [6, 6.07) is 13.0. The molecule has 3 aliphatic heterocycles. The van der Waals surface area contributed by atoms with Gasteiger partial charge in [0.25, 0.3) is 0 Å². The molecule has 2 aromatic carbocycles. The van der Waals surface area contributed by atoms with Crippen LogP contribution in [0.3, 0.4) is 0 Å². The minimum atomic E-state index is -3.67. The fraction of sp³-hybridized carbons (Fsp3) is 0.517. The van der Waals surface area contributed by atoms with Gasteiger partial charge < -0.3 is 14.7 Å². The summed E-state index contributed by atoms with van der Waals surface area (Å²) in [6.45, 7) is 5.49. The van der Waals surface area contributed by atoms with Gasteiger partial charge in [0, 0.05) is 73.5 Å². The van der Waals surface area contributed by atoms with Crippen molar-refractivity contribution in [2.45, 2.75) is 50.0 Å². The van der Waals surface area contributed by atoms with Gasteiger partial charge in [-0.15, -0.1) is 0 Å². The average Bonchev–Trinajstić information content (AvgIpc) is 3.74. The number of sulfonamides is 1. The lowest BCUT2D eigenvalue weighted by molar-refractivity contribution is -0.137. The molecule has 39 heavy (non-hydrogen) atoms. The first-order chi connectivity index (χ1) is 18.7. The van der Waals surface area contributed by atoms with Gasteiger partial charge in [-0.2, -0.15) is 4.31 Å². The van der Waals surface area contributed by atoms with Gasteiger partial charge in [-0.1, -0.05) is 17.7 Å². The highest BCUT2D eigenvalue weighted by Gasteiger charge is 2.40. The monoisotopic (exact) mass is 570 g/mol. The first-order valence-corrected chi connectivity index (χ1v) is 15.8. The minimum absolute atomic E-state index is 0.0418. The molecule has 8 nitrogen and oxygen atoms in total. The van der Waals surface area contributed by atoms with E-state index >= 15 is 0 Å². The van der Waals surface area contributed by atoms with Gasteiger partial charge in [-0.25, -0.2) is 8.42 Å². The predicted octanol–water partition coefficient (Wildman–Crippen LogP) is 3.78. The molecule has 208 valence electrons. The number of halogens is 1. The van der Waals surface area contributed by atoms with E-state index in [9.17, 15) is 18.0 Å². The van der Waals surface area contributed by atoms with Crippen LogP contribution in [0.4, 0.5) is 11.4 Å². The first kappa shape index (κ1) is 26.6. The maximum atomic E-state index is 13.5. The molecule has 4 aliphatic rings. The molecule has 1 aliphatic carbocycles. The van der Waals surface area contributed by atoms with Gasteiger partial charge in [0.05, 0.1) is 4.90 Å². The van der Waals surface area contributed by atoms with E-state index in [1.807, 2.05) is 41.0 Å². The number of hydrogen-bond acceptors (Lipinski definition) is 5. The Morgan fingerprint density at radius 1 is 0.846 bits per heavy atom. The van der Waals surface area contributed by atoms with Crippen LogP contribution in [0.5, 0.6) is 0 Å². The third-order valence-corrected chi connectivity index (χ3v) is 10.8. The number of piperidine rings is 1. The van der Waals surface area contributed by atoms with Gasteiger partial charge in [0.15, 0.2) is 0 Å². The summed E-state index contributed by atoms with van der Waals surface area (Å²) in [7, 11) is -3.67. The molecule has 2 aromatic rings. The molecule has 6 rings (SSSR count). The van der Waals surface area contributed by atoms with Crippen molar-refractivity contribution >= 4 is 44.8 Å². The summed E-state index contributed by atoms with van der Waals surface area (Å²) >= 11 is 6.14. The van der Waals surface area contributed by atoms with Gasteiger partial charge >= 0.3 is 0 Å². The molecule has 0 N–H and O–H groups in total. The highest BCUT2D eigenvalue weighted by Crippen LogP contribution is 2.40. The third-order valence-electron chi connectivity index (χ3n) is 8.64. The number of hydrogen-bond donors (Lipinski definition) is 0. The summed E-state index contributed by atoms with van der Waals surface area (Å²) in [5.74, 6) is 0.258. The fourth-order valence-electron chi connectivity index (χ4n) is 6.24. The van der Waals surface area contributed by atoms with Crippen molar-refractivity contribution in [2.24, 2.45) is 11.8 Å². The van der Waals surface area contributed by atoms with Crippen LogP contribution in [-0.2, 0) is 26.0 Å². The topological polar surface area (TPSA) is 81.2 Å². The zero-order valence-corrected chi connectivity index (χ0v) is 23.8. The molecule has 2 amide bonds. The Morgan fingerprint density at radius 2 is 1.54 bits per heavy atom. The molecule has 0 aromatic heterocycles. The van der Waals surface area contributed by atoms with Crippen LogP contribution in [0.15, 0.2) is 47.4 Å². The predicted molar refractivity (Wildman–Crippen MR) is 152 cm³/mol. The van der Waals surface area contributed by atoms with Crippen molar-refractivity contribution in [1.29, 1.82) is 0 Å². The van der Waals surface area contributed by atoms with E-state index in [2.05, 4.69) is 4.90 Å². The maximum Gasteiger partial charge on any atom is 0.243 e. The van der Waals surface area contributed by atoms with Crippen molar-refractivity contribution in [3.63, 3.8) is 0 Å². The number of amides is 2. The number of rotatable bonds is 5. The van der Waals surface area contributed by atoms with Crippen LogP contribution in [-0.4, -0.2) is 74.7 Å². The maximum absolute atomic E-state index is 13.5. The summed E-state index contributed by atoms with van der Waals surface area (Å²) < 4.78 is 28.5. The van der Waals surface area contributed by atoms with E-state index in [0.29, 0.717) is 50.5 Å². The highest BCUT2D eigenvalue weighted by atomic mass is 35.5. The molecular weight excluding hydrogens is 536 g/mol. The van der Waals surface area contributed by atoms with Crippen molar-refractivity contribution in [3.8, 4) is 0 Å². The number of fused-ring (bicyclic) bond motifs is 1. The Labute approximate surface area is 235 Å². The normalized spacial score (nSPS) is 22.7. The number of benzene rings is 2. The van der Waals surface area contributed by atoms with E-state index in [-0.39, 0.29) is 34.6 Å². The Bertz CT molecular complexity index is 1380. The highest BCUT2D eigenvalue weighted by molar-refractivity contribution is 7.89. The van der Waals surface area contributed by atoms with Crippen LogP contribution in [0.2, 0.25) is 5.02 Å². The standard InChI is InChI=1S/C29H35ClN4O4S/c1-20-17-23-18-26(7-8-27(23)34(20)29(36)21-5-6-21)39(37,38)33-11-9-22(10-12-33)28(35)32-15-13-31(14-16-32)25-4-2-3-24(30)19-25/h2-4,7-8,18-22H,5-6,9-17H2,1H3. The van der Waals surface area contributed by atoms with Crippen molar-refractivity contribution in [1.82, 2.24) is 9.21 Å². The van der Waals surface area contributed by atoms with Crippen LogP contribution in [0.25, 0.3) is 0 Å². The van der Waals surface area contributed by atoms with E-state index in [0.717, 1.165) is 42.9 Å². The van der Waals surface area contributed by atoms with Crippen molar-refractivity contribution in [2.75, 3.05) is 49.1 Å². The molecule has 0 bridgehead atoms. The first-order valence-electron chi connectivity index (χ1n) is 14.0. The van der Waals surface area contributed by atoms with Gasteiger partial charge in [-0.3, -0.25) is 9.59 Å². The van der Waals surface area contributed by atoms with Crippen LogP contribution >= 0.6 is 11.6 Å². The number of piperazine rings is 1. The van der Waals surface area contributed by atoms with Gasteiger partial charge in [0.2, 0.25) is 21.8 Å². The number of carbonyl (C=O) groups excluding carboxylic acids is 2. The molecule has 1 atom stereocenters. The zero-order valence-electron chi connectivity index (χ0n) is 22.3. The fourth-order valence-corrected chi connectivity index (χ4v) is 7.94. The zero-order chi connectivity index (χ0) is 27.3.